The Bertz CT molecular complexity index is 1230. The first kappa shape index (κ1) is 24.2. The number of hydrogen-bond donors (Lipinski definition) is 1. The van der Waals surface area contributed by atoms with Gasteiger partial charge in [-0.25, -0.2) is 0 Å². The fraction of sp³-hybridized carbons (Fsp3) is 0.0323. The molecule has 0 aromatic heterocycles. The van der Waals surface area contributed by atoms with Crippen molar-refractivity contribution in [2.75, 3.05) is 9.80 Å². The number of phenolic OH excluding ortho intramolecular Hbond substituents is 1. The van der Waals surface area contributed by atoms with Gasteiger partial charge in [0.1, 0.15) is 5.75 Å². The highest BCUT2D eigenvalue weighted by Crippen LogP contribution is 2.39. The molecule has 0 saturated heterocycles. The van der Waals surface area contributed by atoms with E-state index in [1.807, 2.05) is 24.3 Å². The molecule has 1 N–H and O–H groups in total. The van der Waals surface area contributed by atoms with Gasteiger partial charge in [0.25, 0.3) is 0 Å². The van der Waals surface area contributed by atoms with Crippen LogP contribution in [0.1, 0.15) is 5.56 Å². The van der Waals surface area contributed by atoms with Gasteiger partial charge in [0.2, 0.25) is 0 Å². The Morgan fingerprint density at radius 3 is 1.00 bits per heavy atom. The average Bonchev–Trinajstić information content (AvgIpc) is 2.90. The molecule has 0 radical (unpaired) electrons. The largest absolute Gasteiger partial charge is 0.508 e. The van der Waals surface area contributed by atoms with Crippen molar-refractivity contribution in [2.45, 2.75) is 6.92 Å². The van der Waals surface area contributed by atoms with Crippen molar-refractivity contribution < 1.29 is 5.11 Å². The lowest BCUT2D eigenvalue weighted by atomic mass is 10.1. The quantitative estimate of drug-likeness (QED) is 0.210. The lowest BCUT2D eigenvalue weighted by molar-refractivity contribution is 0.475. The molecule has 3 nitrogen and oxygen atoms in total. The minimum absolute atomic E-state index is 0.244. The molecular weight excluding hydrogens is 576 g/mol. The maximum atomic E-state index is 9.83. The smallest absolute Gasteiger partial charge is 0.115 e. The molecule has 0 aliphatic heterocycles. The molecule has 0 aliphatic carbocycles. The summed E-state index contributed by atoms with van der Waals surface area (Å²) in [6.07, 6.45) is 0. The van der Waals surface area contributed by atoms with Crippen LogP contribution in [0.5, 0.6) is 5.75 Å². The first-order valence-electron chi connectivity index (χ1n) is 11.6. The molecule has 0 saturated carbocycles. The molecule has 0 unspecified atom stereocenters. The molecule has 5 rings (SSSR count). The summed E-state index contributed by atoms with van der Waals surface area (Å²) in [7, 11) is 0. The van der Waals surface area contributed by atoms with Gasteiger partial charge in [0, 0.05) is 43.1 Å². The molecule has 5 aromatic carbocycles. The van der Waals surface area contributed by atoms with Crippen molar-refractivity contribution in [3.8, 4) is 5.75 Å². The Balaban J connectivity index is 1.57. The molecule has 178 valence electrons. The van der Waals surface area contributed by atoms with E-state index in [-0.39, 0.29) is 5.75 Å². The van der Waals surface area contributed by atoms with Gasteiger partial charge in [-0.1, -0.05) is 49.6 Å². The third-order valence-electron chi connectivity index (χ3n) is 5.94. The SMILES string of the molecule is Cc1ccc(N(c2ccc(Br)cc2)c2ccc(N(c3ccc(O)cc3)c3ccc(Br)cc3)cc2)cc1. The number of phenols is 1. The summed E-state index contributed by atoms with van der Waals surface area (Å²) in [5.41, 5.74) is 7.48. The monoisotopic (exact) mass is 598 g/mol. The van der Waals surface area contributed by atoms with Crippen molar-refractivity contribution in [3.05, 3.63) is 136 Å². The number of aromatic hydroxyl groups is 1. The van der Waals surface area contributed by atoms with Crippen LogP contribution in [0, 0.1) is 6.92 Å². The van der Waals surface area contributed by atoms with E-state index >= 15 is 0 Å². The Kier molecular flexibility index (Phi) is 7.12. The summed E-state index contributed by atoms with van der Waals surface area (Å²) in [4.78, 5) is 4.42. The molecule has 0 bridgehead atoms. The molecule has 0 fully saturated rings. The molecule has 0 spiro atoms. The normalized spacial score (nSPS) is 10.8. The fourth-order valence-corrected chi connectivity index (χ4v) is 4.65. The van der Waals surface area contributed by atoms with Gasteiger partial charge in [-0.2, -0.15) is 0 Å². The van der Waals surface area contributed by atoms with E-state index in [4.69, 9.17) is 0 Å². The summed E-state index contributed by atoms with van der Waals surface area (Å²) >= 11 is 7.09. The van der Waals surface area contributed by atoms with Gasteiger partial charge in [-0.15, -0.1) is 0 Å². The van der Waals surface area contributed by atoms with Gasteiger partial charge in [-0.3, -0.25) is 0 Å². The lowest BCUT2D eigenvalue weighted by Gasteiger charge is -2.28. The average molecular weight is 600 g/mol. The van der Waals surface area contributed by atoms with Crippen LogP contribution in [-0.4, -0.2) is 5.11 Å². The summed E-state index contributed by atoms with van der Waals surface area (Å²) in [5.74, 6) is 0.244. The van der Waals surface area contributed by atoms with Gasteiger partial charge in [0.05, 0.1) is 0 Å². The zero-order chi connectivity index (χ0) is 25.1. The molecule has 5 heteroatoms. The van der Waals surface area contributed by atoms with E-state index in [1.54, 1.807) is 12.1 Å². The van der Waals surface area contributed by atoms with E-state index < -0.39 is 0 Å². The molecule has 0 aliphatic rings. The fourth-order valence-electron chi connectivity index (χ4n) is 4.12. The number of benzene rings is 5. The van der Waals surface area contributed by atoms with Crippen LogP contribution < -0.4 is 9.80 Å². The van der Waals surface area contributed by atoms with Crippen LogP contribution >= 0.6 is 31.9 Å². The maximum Gasteiger partial charge on any atom is 0.115 e. The van der Waals surface area contributed by atoms with E-state index in [1.165, 1.54) is 5.56 Å². The van der Waals surface area contributed by atoms with E-state index in [9.17, 15) is 5.11 Å². The molecule has 36 heavy (non-hydrogen) atoms. The number of aryl methyl sites for hydroxylation is 1. The third-order valence-corrected chi connectivity index (χ3v) is 6.99. The van der Waals surface area contributed by atoms with Crippen LogP contribution in [0.2, 0.25) is 0 Å². The second-order valence-electron chi connectivity index (χ2n) is 8.49. The second kappa shape index (κ2) is 10.6. The summed E-state index contributed by atoms with van der Waals surface area (Å²) in [5, 5.41) is 9.83. The zero-order valence-corrected chi connectivity index (χ0v) is 22.8. The zero-order valence-electron chi connectivity index (χ0n) is 19.6. The molecule has 0 heterocycles. The molecule has 5 aromatic rings. The topological polar surface area (TPSA) is 26.7 Å². The lowest BCUT2D eigenvalue weighted by Crippen LogP contribution is -2.12. The number of rotatable bonds is 6. The number of halogens is 2. The maximum absolute atomic E-state index is 9.83. The number of anilines is 6. The Labute approximate surface area is 228 Å². The second-order valence-corrected chi connectivity index (χ2v) is 10.3. The van der Waals surface area contributed by atoms with Crippen molar-refractivity contribution in [1.29, 1.82) is 0 Å². The predicted molar refractivity (Wildman–Crippen MR) is 158 cm³/mol. The first-order valence-corrected chi connectivity index (χ1v) is 13.1. The Hall–Kier alpha value is -3.54. The third kappa shape index (κ3) is 5.32. The van der Waals surface area contributed by atoms with Crippen molar-refractivity contribution in [2.24, 2.45) is 0 Å². The Morgan fingerprint density at radius 1 is 0.417 bits per heavy atom. The first-order chi connectivity index (χ1) is 17.5. The summed E-state index contributed by atoms with van der Waals surface area (Å²) in [6.45, 7) is 2.10. The summed E-state index contributed by atoms with van der Waals surface area (Å²) in [6, 6.07) is 40.9. The summed E-state index contributed by atoms with van der Waals surface area (Å²) < 4.78 is 2.07. The minimum atomic E-state index is 0.244. The number of nitrogens with zero attached hydrogens (tertiary/aromatic N) is 2. The van der Waals surface area contributed by atoms with Crippen molar-refractivity contribution in [3.63, 3.8) is 0 Å². The van der Waals surface area contributed by atoms with Gasteiger partial charge >= 0.3 is 0 Å². The van der Waals surface area contributed by atoms with Crippen LogP contribution in [0.4, 0.5) is 34.1 Å². The highest BCUT2D eigenvalue weighted by molar-refractivity contribution is 9.10. The van der Waals surface area contributed by atoms with Gasteiger partial charge < -0.3 is 14.9 Å². The van der Waals surface area contributed by atoms with Gasteiger partial charge in [0.15, 0.2) is 0 Å². The highest BCUT2D eigenvalue weighted by atomic mass is 79.9. The number of hydrogen-bond acceptors (Lipinski definition) is 3. The van der Waals surface area contributed by atoms with Crippen LogP contribution in [0.15, 0.2) is 130 Å². The van der Waals surface area contributed by atoms with Crippen LogP contribution in [0.3, 0.4) is 0 Å². The standard InChI is InChI=1S/C31H24Br2N2O/c1-22-2-8-25(9-3-22)34(26-10-4-23(32)5-11-26)28-14-16-29(17-15-28)35(27-12-6-24(33)7-13-27)30-18-20-31(36)21-19-30/h2-21,36H,1H3. The molecule has 0 atom stereocenters. The minimum Gasteiger partial charge on any atom is -0.508 e. The van der Waals surface area contributed by atoms with E-state index in [0.717, 1.165) is 43.1 Å². The van der Waals surface area contributed by atoms with E-state index in [0.29, 0.717) is 0 Å². The molecule has 0 amide bonds. The van der Waals surface area contributed by atoms with Crippen molar-refractivity contribution >= 4 is 66.0 Å². The van der Waals surface area contributed by atoms with Crippen molar-refractivity contribution in [1.82, 2.24) is 0 Å². The Morgan fingerprint density at radius 2 is 0.667 bits per heavy atom. The van der Waals surface area contributed by atoms with Crippen LogP contribution in [0.25, 0.3) is 0 Å². The highest BCUT2D eigenvalue weighted by Gasteiger charge is 2.16. The molecular formula is C31H24Br2N2O. The van der Waals surface area contributed by atoms with Crippen LogP contribution in [-0.2, 0) is 0 Å². The van der Waals surface area contributed by atoms with Gasteiger partial charge in [-0.05, 0) is 116 Å². The van der Waals surface area contributed by atoms with E-state index in [2.05, 4.69) is 134 Å². The predicted octanol–water partition coefficient (Wildman–Crippen LogP) is 10.2.